The van der Waals surface area contributed by atoms with E-state index in [2.05, 4.69) is 12.2 Å². The first-order chi connectivity index (χ1) is 5.25. The molecule has 0 spiro atoms. The fraction of sp³-hybridized carbons (Fsp3) is 0.875. The lowest BCUT2D eigenvalue weighted by Gasteiger charge is -2.34. The van der Waals surface area contributed by atoms with E-state index < -0.39 is 0 Å². The predicted molar refractivity (Wildman–Crippen MR) is 43.3 cm³/mol. The van der Waals surface area contributed by atoms with Crippen LogP contribution in [-0.4, -0.2) is 36.5 Å². The number of rotatable bonds is 1. The second-order valence-electron chi connectivity index (χ2n) is 2.90. The molecule has 1 amide bonds. The highest BCUT2D eigenvalue weighted by molar-refractivity contribution is 5.73. The Bertz CT molecular complexity index is 147. The molecule has 1 aliphatic rings. The zero-order chi connectivity index (χ0) is 8.27. The number of piperazine rings is 1. The molecule has 11 heavy (non-hydrogen) atoms. The summed E-state index contributed by atoms with van der Waals surface area (Å²) in [5, 5.41) is 4.27. The van der Waals surface area contributed by atoms with Crippen molar-refractivity contribution in [3.8, 4) is 0 Å². The van der Waals surface area contributed by atoms with Crippen LogP contribution in [0.3, 0.4) is 0 Å². The van der Waals surface area contributed by atoms with E-state index in [0.29, 0.717) is 6.04 Å². The first kappa shape index (κ1) is 8.53. The lowest BCUT2D eigenvalue weighted by molar-refractivity contribution is -0.132. The van der Waals surface area contributed by atoms with Crippen LogP contribution in [0.2, 0.25) is 0 Å². The second-order valence-corrected chi connectivity index (χ2v) is 2.90. The third-order valence-electron chi connectivity index (χ3n) is 2.16. The van der Waals surface area contributed by atoms with Crippen molar-refractivity contribution in [1.82, 2.24) is 10.2 Å². The molecule has 3 nitrogen and oxygen atoms in total. The average Bonchev–Trinajstić information content (AvgIpc) is 2.04. The van der Waals surface area contributed by atoms with E-state index in [0.717, 1.165) is 26.1 Å². The highest BCUT2D eigenvalue weighted by Gasteiger charge is 2.22. The summed E-state index contributed by atoms with van der Waals surface area (Å²) in [5.74, 6) is 0.187. The van der Waals surface area contributed by atoms with Crippen molar-refractivity contribution in [3.63, 3.8) is 0 Å². The molecule has 1 radical (unpaired) electrons. The van der Waals surface area contributed by atoms with Crippen molar-refractivity contribution < 1.29 is 4.79 Å². The number of hydrogen-bond donors (Lipinski definition) is 0. The number of carbonyl (C=O) groups excluding carboxylic acids is 1. The summed E-state index contributed by atoms with van der Waals surface area (Å²) in [6.45, 7) is 6.19. The van der Waals surface area contributed by atoms with E-state index >= 15 is 0 Å². The van der Waals surface area contributed by atoms with Crippen molar-refractivity contribution >= 4 is 5.91 Å². The van der Waals surface area contributed by atoms with E-state index in [1.807, 2.05) is 4.90 Å². The molecule has 1 unspecified atom stereocenters. The topological polar surface area (TPSA) is 34.4 Å². The van der Waals surface area contributed by atoms with E-state index in [1.165, 1.54) is 0 Å². The van der Waals surface area contributed by atoms with Crippen LogP contribution in [0.5, 0.6) is 0 Å². The number of nitrogens with zero attached hydrogens (tertiary/aromatic N) is 2. The predicted octanol–water partition coefficient (Wildman–Crippen LogP) is 0.231. The number of carbonyl (C=O) groups is 1. The van der Waals surface area contributed by atoms with E-state index in [4.69, 9.17) is 0 Å². The molecule has 1 atom stereocenters. The molecule has 0 aromatic heterocycles. The van der Waals surface area contributed by atoms with Gasteiger partial charge in [0.25, 0.3) is 0 Å². The Balaban J connectivity index is 2.51. The van der Waals surface area contributed by atoms with Crippen molar-refractivity contribution in [2.45, 2.75) is 26.3 Å². The van der Waals surface area contributed by atoms with Crippen LogP contribution in [0.1, 0.15) is 20.3 Å². The summed E-state index contributed by atoms with van der Waals surface area (Å²) in [6, 6.07) is 0.362. The molecule has 1 aliphatic heterocycles. The van der Waals surface area contributed by atoms with Crippen molar-refractivity contribution in [3.05, 3.63) is 0 Å². The highest BCUT2D eigenvalue weighted by Crippen LogP contribution is 2.07. The van der Waals surface area contributed by atoms with Gasteiger partial charge in [-0.1, -0.05) is 6.92 Å². The van der Waals surface area contributed by atoms with Gasteiger partial charge in [0.1, 0.15) is 0 Å². The minimum Gasteiger partial charge on any atom is -0.337 e. The maximum absolute atomic E-state index is 11.1. The van der Waals surface area contributed by atoms with Gasteiger partial charge >= 0.3 is 0 Å². The Kier molecular flexibility index (Phi) is 2.88. The average molecular weight is 155 g/mol. The van der Waals surface area contributed by atoms with Gasteiger partial charge in [0.05, 0.1) is 0 Å². The van der Waals surface area contributed by atoms with Crippen LogP contribution in [-0.2, 0) is 4.79 Å². The zero-order valence-electron chi connectivity index (χ0n) is 7.21. The fourth-order valence-electron chi connectivity index (χ4n) is 1.46. The first-order valence-corrected chi connectivity index (χ1v) is 4.16. The van der Waals surface area contributed by atoms with Gasteiger partial charge in [-0.05, 0) is 6.42 Å². The van der Waals surface area contributed by atoms with Gasteiger partial charge in [-0.15, -0.1) is 0 Å². The SMILES string of the molecule is CCC1C[N]CCN1C(C)=O. The van der Waals surface area contributed by atoms with Crippen LogP contribution < -0.4 is 5.32 Å². The molecule has 1 saturated heterocycles. The second kappa shape index (κ2) is 3.72. The van der Waals surface area contributed by atoms with Gasteiger partial charge in [0.2, 0.25) is 5.91 Å². The van der Waals surface area contributed by atoms with Gasteiger partial charge in [-0.2, -0.15) is 0 Å². The molecule has 1 rings (SSSR count). The van der Waals surface area contributed by atoms with Gasteiger partial charge in [0, 0.05) is 32.6 Å². The van der Waals surface area contributed by atoms with Gasteiger partial charge in [-0.3, -0.25) is 4.79 Å². The number of hydrogen-bond acceptors (Lipinski definition) is 1. The van der Waals surface area contributed by atoms with E-state index in [-0.39, 0.29) is 5.91 Å². The molecule has 0 N–H and O–H groups in total. The van der Waals surface area contributed by atoms with Gasteiger partial charge < -0.3 is 4.90 Å². The smallest absolute Gasteiger partial charge is 0.219 e. The summed E-state index contributed by atoms with van der Waals surface area (Å²) in [5.41, 5.74) is 0. The zero-order valence-corrected chi connectivity index (χ0v) is 7.21. The Morgan fingerprint density at radius 3 is 2.91 bits per heavy atom. The summed E-state index contributed by atoms with van der Waals surface area (Å²) in [4.78, 5) is 13.0. The maximum Gasteiger partial charge on any atom is 0.219 e. The molecular weight excluding hydrogens is 140 g/mol. The largest absolute Gasteiger partial charge is 0.337 e. The molecule has 0 aromatic rings. The van der Waals surface area contributed by atoms with E-state index in [1.54, 1.807) is 6.92 Å². The van der Waals surface area contributed by atoms with Gasteiger partial charge in [0.15, 0.2) is 0 Å². The summed E-state index contributed by atoms with van der Waals surface area (Å²) in [7, 11) is 0. The minimum atomic E-state index is 0.187. The fourth-order valence-corrected chi connectivity index (χ4v) is 1.46. The van der Waals surface area contributed by atoms with Crippen molar-refractivity contribution in [2.24, 2.45) is 0 Å². The van der Waals surface area contributed by atoms with Crippen LogP contribution >= 0.6 is 0 Å². The molecule has 1 fully saturated rings. The van der Waals surface area contributed by atoms with Gasteiger partial charge in [-0.25, -0.2) is 5.32 Å². The van der Waals surface area contributed by atoms with Crippen LogP contribution in [0.15, 0.2) is 0 Å². The molecule has 0 aliphatic carbocycles. The Morgan fingerprint density at radius 1 is 1.73 bits per heavy atom. The van der Waals surface area contributed by atoms with E-state index in [9.17, 15) is 4.79 Å². The summed E-state index contributed by atoms with van der Waals surface area (Å²) < 4.78 is 0. The molecule has 63 valence electrons. The highest BCUT2D eigenvalue weighted by atomic mass is 16.2. The summed E-state index contributed by atoms with van der Waals surface area (Å²) in [6.07, 6.45) is 1.02. The molecule has 0 aromatic carbocycles. The molecular formula is C8H15N2O. The minimum absolute atomic E-state index is 0.187. The van der Waals surface area contributed by atoms with Crippen molar-refractivity contribution in [2.75, 3.05) is 19.6 Å². The number of amides is 1. The third kappa shape index (κ3) is 1.93. The Labute approximate surface area is 67.8 Å². The van der Waals surface area contributed by atoms with Crippen LogP contribution in [0.25, 0.3) is 0 Å². The first-order valence-electron chi connectivity index (χ1n) is 4.16. The lowest BCUT2D eigenvalue weighted by atomic mass is 10.1. The monoisotopic (exact) mass is 155 g/mol. The lowest BCUT2D eigenvalue weighted by Crippen LogP contribution is -2.50. The normalized spacial score (nSPS) is 25.3. The standard InChI is InChI=1S/C8H15N2O/c1-3-8-6-9-4-5-10(8)7(2)11/h8H,3-6H2,1-2H3. The molecule has 0 saturated carbocycles. The van der Waals surface area contributed by atoms with Crippen LogP contribution in [0.4, 0.5) is 0 Å². The maximum atomic E-state index is 11.1. The summed E-state index contributed by atoms with van der Waals surface area (Å²) >= 11 is 0. The molecule has 1 heterocycles. The Morgan fingerprint density at radius 2 is 2.45 bits per heavy atom. The van der Waals surface area contributed by atoms with Crippen LogP contribution in [0, 0.1) is 0 Å². The molecule has 0 bridgehead atoms. The molecule has 3 heteroatoms. The van der Waals surface area contributed by atoms with Crippen molar-refractivity contribution in [1.29, 1.82) is 0 Å². The Hall–Kier alpha value is -0.570. The third-order valence-corrected chi connectivity index (χ3v) is 2.16. The quantitative estimate of drug-likeness (QED) is 0.534.